The molecule has 1 N–H and O–H groups in total. The van der Waals surface area contributed by atoms with Gasteiger partial charge in [-0.05, 0) is 19.4 Å². The first-order valence-electron chi connectivity index (χ1n) is 6.52. The van der Waals surface area contributed by atoms with Crippen LogP contribution < -0.4 is 5.32 Å². The fourth-order valence-electron chi connectivity index (χ4n) is 1.76. The molecule has 1 rings (SSSR count). The molecule has 0 amide bonds. The summed E-state index contributed by atoms with van der Waals surface area (Å²) in [6.07, 6.45) is 3.94. The lowest BCUT2D eigenvalue weighted by molar-refractivity contribution is 0.110. The van der Waals surface area contributed by atoms with E-state index in [-0.39, 0.29) is 6.04 Å². The van der Waals surface area contributed by atoms with Crippen molar-refractivity contribution in [1.29, 1.82) is 0 Å². The maximum absolute atomic E-state index is 5.62. The lowest BCUT2D eigenvalue weighted by Gasteiger charge is -2.18. The van der Waals surface area contributed by atoms with Crippen molar-refractivity contribution in [3.8, 4) is 0 Å². The third-order valence-electron chi connectivity index (χ3n) is 2.52. The van der Waals surface area contributed by atoms with E-state index in [4.69, 9.17) is 4.74 Å². The van der Waals surface area contributed by atoms with Crippen LogP contribution in [-0.4, -0.2) is 34.8 Å². The lowest BCUT2D eigenvalue weighted by Crippen LogP contribution is -2.28. The summed E-state index contributed by atoms with van der Waals surface area (Å²) in [6.45, 7) is 9.66. The van der Waals surface area contributed by atoms with Gasteiger partial charge in [-0.2, -0.15) is 0 Å². The van der Waals surface area contributed by atoms with Gasteiger partial charge in [0.15, 0.2) is 0 Å². The maximum atomic E-state index is 5.62. The molecule has 1 aromatic rings. The highest BCUT2D eigenvalue weighted by atomic mass is 16.5. The number of nitrogens with one attached hydrogen (secondary N) is 1. The normalized spacial score (nSPS) is 12.9. The smallest absolute Gasteiger partial charge is 0.0780 e. The third kappa shape index (κ3) is 4.44. The summed E-state index contributed by atoms with van der Waals surface area (Å²) in [5.74, 6) is 0. The fraction of sp³-hybridized carbons (Fsp3) is 0.833. The summed E-state index contributed by atoms with van der Waals surface area (Å²) in [5, 5.41) is 11.5. The SMILES string of the molecule is CCCOCC(NCC)c1cnnn1CCC. The molecular weight excluding hydrogens is 216 g/mol. The highest BCUT2D eigenvalue weighted by Gasteiger charge is 2.15. The van der Waals surface area contributed by atoms with Gasteiger partial charge in [-0.1, -0.05) is 26.0 Å². The van der Waals surface area contributed by atoms with E-state index in [1.807, 2.05) is 10.9 Å². The lowest BCUT2D eigenvalue weighted by atomic mass is 10.2. The van der Waals surface area contributed by atoms with Gasteiger partial charge in [0.1, 0.15) is 0 Å². The second kappa shape index (κ2) is 8.20. The van der Waals surface area contributed by atoms with Crippen molar-refractivity contribution < 1.29 is 4.74 Å². The molecule has 1 atom stereocenters. The number of aromatic nitrogens is 3. The van der Waals surface area contributed by atoms with Crippen LogP contribution in [-0.2, 0) is 11.3 Å². The Morgan fingerprint density at radius 2 is 2.18 bits per heavy atom. The Kier molecular flexibility index (Phi) is 6.81. The van der Waals surface area contributed by atoms with E-state index in [2.05, 4.69) is 36.4 Å². The number of hydrogen-bond donors (Lipinski definition) is 1. The number of ether oxygens (including phenoxy) is 1. The Bertz CT molecular complexity index is 300. The Morgan fingerprint density at radius 1 is 1.35 bits per heavy atom. The summed E-state index contributed by atoms with van der Waals surface area (Å²) in [5.41, 5.74) is 1.12. The molecule has 0 radical (unpaired) electrons. The molecule has 1 heterocycles. The number of hydrogen-bond acceptors (Lipinski definition) is 4. The molecule has 0 saturated carbocycles. The third-order valence-corrected chi connectivity index (χ3v) is 2.52. The van der Waals surface area contributed by atoms with Crippen molar-refractivity contribution in [1.82, 2.24) is 20.3 Å². The van der Waals surface area contributed by atoms with Gasteiger partial charge in [-0.15, -0.1) is 5.10 Å². The Labute approximate surface area is 104 Å². The Morgan fingerprint density at radius 3 is 2.82 bits per heavy atom. The molecule has 0 fully saturated rings. The molecule has 0 bridgehead atoms. The van der Waals surface area contributed by atoms with Gasteiger partial charge in [-0.3, -0.25) is 0 Å². The van der Waals surface area contributed by atoms with Gasteiger partial charge in [0.2, 0.25) is 0 Å². The van der Waals surface area contributed by atoms with Crippen molar-refractivity contribution >= 4 is 0 Å². The summed E-state index contributed by atoms with van der Waals surface area (Å²) in [4.78, 5) is 0. The molecule has 0 aliphatic carbocycles. The molecule has 17 heavy (non-hydrogen) atoms. The molecule has 5 heteroatoms. The number of nitrogens with zero attached hydrogens (tertiary/aromatic N) is 3. The van der Waals surface area contributed by atoms with Crippen molar-refractivity contribution in [2.24, 2.45) is 0 Å². The van der Waals surface area contributed by atoms with Crippen LogP contribution in [0.4, 0.5) is 0 Å². The van der Waals surface area contributed by atoms with Crippen LogP contribution in [0, 0.1) is 0 Å². The predicted octanol–water partition coefficient (Wildman–Crippen LogP) is 1.77. The van der Waals surface area contributed by atoms with Crippen molar-refractivity contribution in [3.05, 3.63) is 11.9 Å². The maximum Gasteiger partial charge on any atom is 0.0780 e. The first-order chi connectivity index (χ1) is 8.33. The van der Waals surface area contributed by atoms with Gasteiger partial charge < -0.3 is 10.1 Å². The summed E-state index contributed by atoms with van der Waals surface area (Å²) in [6, 6.07) is 0.188. The van der Waals surface area contributed by atoms with Gasteiger partial charge in [0, 0.05) is 13.2 Å². The second-order valence-electron chi connectivity index (χ2n) is 4.07. The first-order valence-corrected chi connectivity index (χ1v) is 6.52. The molecule has 1 unspecified atom stereocenters. The van der Waals surface area contributed by atoms with Crippen LogP contribution in [0.15, 0.2) is 6.20 Å². The number of rotatable bonds is 9. The van der Waals surface area contributed by atoms with Gasteiger partial charge >= 0.3 is 0 Å². The van der Waals surface area contributed by atoms with E-state index in [0.717, 1.165) is 38.2 Å². The minimum absolute atomic E-state index is 0.188. The molecule has 5 nitrogen and oxygen atoms in total. The van der Waals surface area contributed by atoms with Crippen LogP contribution in [0.5, 0.6) is 0 Å². The molecule has 1 aromatic heterocycles. The quantitative estimate of drug-likeness (QED) is 0.668. The molecule has 0 aromatic carbocycles. The zero-order valence-corrected chi connectivity index (χ0v) is 11.1. The van der Waals surface area contributed by atoms with Crippen molar-refractivity contribution in [2.45, 2.75) is 46.2 Å². The van der Waals surface area contributed by atoms with E-state index in [1.165, 1.54) is 0 Å². The highest BCUT2D eigenvalue weighted by molar-refractivity contribution is 5.02. The Hall–Kier alpha value is -0.940. The van der Waals surface area contributed by atoms with E-state index in [0.29, 0.717) is 6.61 Å². The number of aryl methyl sites for hydroxylation is 1. The van der Waals surface area contributed by atoms with Crippen molar-refractivity contribution in [3.63, 3.8) is 0 Å². The summed E-state index contributed by atoms with van der Waals surface area (Å²) in [7, 11) is 0. The monoisotopic (exact) mass is 240 g/mol. The summed E-state index contributed by atoms with van der Waals surface area (Å²) < 4.78 is 7.58. The molecule has 0 aliphatic rings. The minimum atomic E-state index is 0.188. The molecule has 0 saturated heterocycles. The predicted molar refractivity (Wildman–Crippen MR) is 67.8 cm³/mol. The topological polar surface area (TPSA) is 52.0 Å². The zero-order chi connectivity index (χ0) is 12.5. The number of likely N-dealkylation sites (N-methyl/N-ethyl adjacent to an activating group) is 1. The van der Waals surface area contributed by atoms with Gasteiger partial charge in [0.25, 0.3) is 0 Å². The summed E-state index contributed by atoms with van der Waals surface area (Å²) >= 11 is 0. The molecule has 0 spiro atoms. The van der Waals surface area contributed by atoms with Gasteiger partial charge in [0.05, 0.1) is 24.5 Å². The average molecular weight is 240 g/mol. The van der Waals surface area contributed by atoms with Crippen molar-refractivity contribution in [2.75, 3.05) is 19.8 Å². The highest BCUT2D eigenvalue weighted by Crippen LogP contribution is 2.12. The van der Waals surface area contributed by atoms with Crippen LogP contribution in [0.3, 0.4) is 0 Å². The van der Waals surface area contributed by atoms with E-state index >= 15 is 0 Å². The van der Waals surface area contributed by atoms with Crippen LogP contribution >= 0.6 is 0 Å². The van der Waals surface area contributed by atoms with E-state index in [9.17, 15) is 0 Å². The van der Waals surface area contributed by atoms with Crippen LogP contribution in [0.1, 0.15) is 45.3 Å². The largest absolute Gasteiger partial charge is 0.379 e. The molecule has 98 valence electrons. The first kappa shape index (κ1) is 14.1. The minimum Gasteiger partial charge on any atom is -0.379 e. The van der Waals surface area contributed by atoms with E-state index < -0.39 is 0 Å². The fourth-order valence-corrected chi connectivity index (χ4v) is 1.76. The zero-order valence-electron chi connectivity index (χ0n) is 11.1. The average Bonchev–Trinajstić information content (AvgIpc) is 2.77. The standard InChI is InChI=1S/C12H24N4O/c1-4-7-16-12(9-14-15-16)11(13-6-3)10-17-8-5-2/h9,11,13H,4-8,10H2,1-3H3. The Balaban J connectivity index is 2.63. The molecule has 0 aliphatic heterocycles. The van der Waals surface area contributed by atoms with Gasteiger partial charge in [-0.25, -0.2) is 4.68 Å². The van der Waals surface area contributed by atoms with E-state index in [1.54, 1.807) is 0 Å². The molecular formula is C12H24N4O. The van der Waals surface area contributed by atoms with Crippen LogP contribution in [0.2, 0.25) is 0 Å². The second-order valence-corrected chi connectivity index (χ2v) is 4.07. The van der Waals surface area contributed by atoms with Crippen LogP contribution in [0.25, 0.3) is 0 Å².